The molecule has 18 heavy (non-hydrogen) atoms. The molecular weight excluding hydrogens is 292 g/mol. The van der Waals surface area contributed by atoms with Gasteiger partial charge in [0.2, 0.25) is 0 Å². The minimum Gasteiger partial charge on any atom is -0.383 e. The highest BCUT2D eigenvalue weighted by Crippen LogP contribution is 2.30. The summed E-state index contributed by atoms with van der Waals surface area (Å²) in [6.07, 6.45) is 2.59. The van der Waals surface area contributed by atoms with E-state index in [-0.39, 0.29) is 5.41 Å². The number of halogens is 1. The summed E-state index contributed by atoms with van der Waals surface area (Å²) in [5, 5.41) is 4.55. The predicted molar refractivity (Wildman–Crippen MR) is 76.6 cm³/mol. The number of hydrogen-bond donors (Lipinski definition) is 1. The van der Waals surface area contributed by atoms with Gasteiger partial charge in [0.05, 0.1) is 10.2 Å². The van der Waals surface area contributed by atoms with Gasteiger partial charge in [-0.1, -0.05) is 26.8 Å². The SMILES string of the molecule is CC(C)(C)Cc1nn(-c2ccccn2)c(N)c1Br. The Morgan fingerprint density at radius 1 is 1.33 bits per heavy atom. The van der Waals surface area contributed by atoms with Crippen molar-refractivity contribution >= 4 is 21.7 Å². The summed E-state index contributed by atoms with van der Waals surface area (Å²) in [5.74, 6) is 1.32. The lowest BCUT2D eigenvalue weighted by Gasteiger charge is -2.16. The lowest BCUT2D eigenvalue weighted by molar-refractivity contribution is 0.404. The number of nitrogens with zero attached hydrogens (tertiary/aromatic N) is 3. The van der Waals surface area contributed by atoms with Crippen LogP contribution in [0, 0.1) is 5.41 Å². The van der Waals surface area contributed by atoms with E-state index < -0.39 is 0 Å². The Morgan fingerprint density at radius 3 is 2.61 bits per heavy atom. The summed E-state index contributed by atoms with van der Waals surface area (Å²) in [5.41, 5.74) is 7.20. The molecule has 5 heteroatoms. The van der Waals surface area contributed by atoms with Gasteiger partial charge in [0, 0.05) is 6.20 Å². The van der Waals surface area contributed by atoms with Crippen LogP contribution in [0.4, 0.5) is 5.82 Å². The number of nitrogens with two attached hydrogens (primary N) is 1. The van der Waals surface area contributed by atoms with Gasteiger partial charge in [0.15, 0.2) is 5.82 Å². The van der Waals surface area contributed by atoms with E-state index in [0.717, 1.165) is 22.4 Å². The molecule has 0 radical (unpaired) electrons. The summed E-state index contributed by atoms with van der Waals surface area (Å²) in [4.78, 5) is 4.26. The molecule has 0 aliphatic rings. The molecular formula is C13H17BrN4. The zero-order valence-electron chi connectivity index (χ0n) is 10.8. The Bertz CT molecular complexity index is 540. The van der Waals surface area contributed by atoms with Crippen molar-refractivity contribution in [3.8, 4) is 5.82 Å². The molecule has 0 aromatic carbocycles. The Morgan fingerprint density at radius 2 is 2.06 bits per heavy atom. The van der Waals surface area contributed by atoms with Gasteiger partial charge in [-0.25, -0.2) is 4.98 Å². The van der Waals surface area contributed by atoms with E-state index in [9.17, 15) is 0 Å². The summed E-state index contributed by atoms with van der Waals surface area (Å²) in [6, 6.07) is 5.67. The number of hydrogen-bond acceptors (Lipinski definition) is 3. The maximum absolute atomic E-state index is 6.07. The molecule has 0 unspecified atom stereocenters. The van der Waals surface area contributed by atoms with Gasteiger partial charge in [-0.15, -0.1) is 0 Å². The van der Waals surface area contributed by atoms with Crippen LogP contribution >= 0.6 is 15.9 Å². The van der Waals surface area contributed by atoms with Gasteiger partial charge < -0.3 is 5.73 Å². The molecule has 0 fully saturated rings. The van der Waals surface area contributed by atoms with E-state index in [1.807, 2.05) is 18.2 Å². The van der Waals surface area contributed by atoms with Gasteiger partial charge in [-0.3, -0.25) is 0 Å². The van der Waals surface area contributed by atoms with Crippen LogP contribution in [-0.4, -0.2) is 14.8 Å². The topological polar surface area (TPSA) is 56.7 Å². The lowest BCUT2D eigenvalue weighted by atomic mass is 9.91. The van der Waals surface area contributed by atoms with Crippen molar-refractivity contribution in [2.75, 3.05) is 5.73 Å². The van der Waals surface area contributed by atoms with Gasteiger partial charge in [-0.2, -0.15) is 9.78 Å². The molecule has 2 heterocycles. The van der Waals surface area contributed by atoms with Gasteiger partial charge in [-0.05, 0) is 39.9 Å². The molecule has 0 saturated heterocycles. The largest absolute Gasteiger partial charge is 0.383 e. The van der Waals surface area contributed by atoms with Gasteiger partial charge in [0.1, 0.15) is 5.82 Å². The van der Waals surface area contributed by atoms with Crippen molar-refractivity contribution in [1.82, 2.24) is 14.8 Å². The van der Waals surface area contributed by atoms with Crippen LogP contribution in [0.3, 0.4) is 0 Å². The molecule has 4 nitrogen and oxygen atoms in total. The molecule has 0 saturated carbocycles. The zero-order chi connectivity index (χ0) is 13.3. The molecule has 2 N–H and O–H groups in total. The highest BCUT2D eigenvalue weighted by molar-refractivity contribution is 9.10. The predicted octanol–water partition coefficient (Wildman–Crippen LogP) is 3.20. The van der Waals surface area contributed by atoms with E-state index in [1.165, 1.54) is 0 Å². The third-order valence-electron chi connectivity index (χ3n) is 2.49. The summed E-state index contributed by atoms with van der Waals surface area (Å²) in [6.45, 7) is 6.53. The third-order valence-corrected chi connectivity index (χ3v) is 3.36. The van der Waals surface area contributed by atoms with Crippen LogP contribution < -0.4 is 5.73 Å². The maximum Gasteiger partial charge on any atom is 0.155 e. The second-order valence-electron chi connectivity index (χ2n) is 5.48. The molecule has 96 valence electrons. The average molecular weight is 309 g/mol. The molecule has 0 amide bonds. The molecule has 0 spiro atoms. The highest BCUT2D eigenvalue weighted by atomic mass is 79.9. The Labute approximate surface area is 115 Å². The smallest absolute Gasteiger partial charge is 0.155 e. The summed E-state index contributed by atoms with van der Waals surface area (Å²) >= 11 is 3.51. The van der Waals surface area contributed by atoms with Crippen LogP contribution in [0.2, 0.25) is 0 Å². The second kappa shape index (κ2) is 4.72. The van der Waals surface area contributed by atoms with Crippen LogP contribution in [-0.2, 0) is 6.42 Å². The van der Waals surface area contributed by atoms with Crippen molar-refractivity contribution in [3.05, 3.63) is 34.6 Å². The fraction of sp³-hybridized carbons (Fsp3) is 0.385. The molecule has 0 aliphatic carbocycles. The highest BCUT2D eigenvalue weighted by Gasteiger charge is 2.20. The standard InChI is InChI=1S/C13H17BrN4/c1-13(2,3)8-9-11(14)12(15)18(17-9)10-6-4-5-7-16-10/h4-7H,8,15H2,1-3H3. The zero-order valence-corrected chi connectivity index (χ0v) is 12.4. The number of anilines is 1. The minimum absolute atomic E-state index is 0.165. The summed E-state index contributed by atoms with van der Waals surface area (Å²) < 4.78 is 2.54. The van der Waals surface area contributed by atoms with Crippen LogP contribution in [0.1, 0.15) is 26.5 Å². The fourth-order valence-corrected chi connectivity index (χ4v) is 2.12. The molecule has 0 bridgehead atoms. The number of rotatable bonds is 2. The van der Waals surface area contributed by atoms with Crippen LogP contribution in [0.25, 0.3) is 5.82 Å². The molecule has 0 aliphatic heterocycles. The minimum atomic E-state index is 0.165. The molecule has 2 aromatic heterocycles. The quantitative estimate of drug-likeness (QED) is 0.927. The molecule has 0 atom stereocenters. The Hall–Kier alpha value is -1.36. The normalized spacial score (nSPS) is 11.8. The molecule has 2 rings (SSSR count). The van der Waals surface area contributed by atoms with E-state index in [4.69, 9.17) is 5.73 Å². The first-order chi connectivity index (χ1) is 8.38. The van der Waals surface area contributed by atoms with E-state index in [1.54, 1.807) is 10.9 Å². The van der Waals surface area contributed by atoms with Gasteiger partial charge >= 0.3 is 0 Å². The summed E-state index contributed by atoms with van der Waals surface area (Å²) in [7, 11) is 0. The Balaban J connectivity index is 2.43. The lowest BCUT2D eigenvalue weighted by Crippen LogP contribution is -2.10. The molecule has 2 aromatic rings. The number of aromatic nitrogens is 3. The van der Waals surface area contributed by atoms with Crippen molar-refractivity contribution in [3.63, 3.8) is 0 Å². The monoisotopic (exact) mass is 308 g/mol. The maximum atomic E-state index is 6.07. The van der Waals surface area contributed by atoms with E-state index in [2.05, 4.69) is 46.8 Å². The van der Waals surface area contributed by atoms with Crippen molar-refractivity contribution in [2.24, 2.45) is 5.41 Å². The van der Waals surface area contributed by atoms with Crippen molar-refractivity contribution in [1.29, 1.82) is 0 Å². The van der Waals surface area contributed by atoms with E-state index >= 15 is 0 Å². The second-order valence-corrected chi connectivity index (χ2v) is 6.28. The fourth-order valence-electron chi connectivity index (χ4n) is 1.73. The number of nitrogen functional groups attached to an aromatic ring is 1. The Kier molecular flexibility index (Phi) is 3.43. The average Bonchev–Trinajstić information content (AvgIpc) is 2.57. The van der Waals surface area contributed by atoms with E-state index in [0.29, 0.717) is 5.82 Å². The first-order valence-electron chi connectivity index (χ1n) is 5.83. The third kappa shape index (κ3) is 2.72. The first-order valence-corrected chi connectivity index (χ1v) is 6.62. The van der Waals surface area contributed by atoms with Crippen molar-refractivity contribution in [2.45, 2.75) is 27.2 Å². The van der Waals surface area contributed by atoms with Gasteiger partial charge in [0.25, 0.3) is 0 Å². The number of pyridine rings is 1. The first kappa shape index (κ1) is 13.1. The van der Waals surface area contributed by atoms with Crippen LogP contribution in [0.5, 0.6) is 0 Å². The van der Waals surface area contributed by atoms with Crippen molar-refractivity contribution < 1.29 is 0 Å². The van der Waals surface area contributed by atoms with Crippen LogP contribution in [0.15, 0.2) is 28.9 Å².